The minimum atomic E-state index is 0.632. The SMILES string of the molecule is CCc1csc(NC2CCC(C)CC2C)n1. The van der Waals surface area contributed by atoms with Gasteiger partial charge in [0.1, 0.15) is 0 Å². The zero-order chi connectivity index (χ0) is 11.5. The largest absolute Gasteiger partial charge is 0.359 e. The molecule has 1 aromatic rings. The Morgan fingerprint density at radius 1 is 1.44 bits per heavy atom. The van der Waals surface area contributed by atoms with E-state index in [2.05, 4.69) is 36.5 Å². The molecule has 3 unspecified atom stereocenters. The second-order valence-electron chi connectivity index (χ2n) is 5.14. The predicted molar refractivity (Wildman–Crippen MR) is 71.1 cm³/mol. The molecule has 0 aliphatic heterocycles. The summed E-state index contributed by atoms with van der Waals surface area (Å²) in [6, 6.07) is 0.632. The van der Waals surface area contributed by atoms with Crippen LogP contribution in [0.3, 0.4) is 0 Å². The van der Waals surface area contributed by atoms with Gasteiger partial charge in [-0.2, -0.15) is 0 Å². The van der Waals surface area contributed by atoms with Crippen molar-refractivity contribution >= 4 is 16.5 Å². The molecular formula is C13H22N2S. The number of aromatic nitrogens is 1. The second kappa shape index (κ2) is 5.17. The zero-order valence-corrected chi connectivity index (χ0v) is 11.3. The fourth-order valence-electron chi connectivity index (χ4n) is 2.57. The first-order chi connectivity index (χ1) is 7.69. The van der Waals surface area contributed by atoms with E-state index in [4.69, 9.17) is 0 Å². The molecule has 1 fully saturated rings. The summed E-state index contributed by atoms with van der Waals surface area (Å²) in [5.74, 6) is 1.67. The van der Waals surface area contributed by atoms with Crippen LogP contribution in [0.5, 0.6) is 0 Å². The van der Waals surface area contributed by atoms with E-state index in [0.717, 1.165) is 23.4 Å². The fraction of sp³-hybridized carbons (Fsp3) is 0.769. The third-order valence-electron chi connectivity index (χ3n) is 3.65. The van der Waals surface area contributed by atoms with Crippen molar-refractivity contribution in [2.75, 3.05) is 5.32 Å². The van der Waals surface area contributed by atoms with Gasteiger partial charge in [0.05, 0.1) is 5.69 Å². The normalized spacial score (nSPS) is 30.3. The highest BCUT2D eigenvalue weighted by atomic mass is 32.1. The maximum absolute atomic E-state index is 4.58. The molecule has 90 valence electrons. The summed E-state index contributed by atoms with van der Waals surface area (Å²) in [5.41, 5.74) is 1.21. The van der Waals surface area contributed by atoms with E-state index >= 15 is 0 Å². The molecule has 0 aromatic carbocycles. The van der Waals surface area contributed by atoms with Gasteiger partial charge in [0.25, 0.3) is 0 Å². The van der Waals surface area contributed by atoms with Crippen molar-refractivity contribution in [1.82, 2.24) is 4.98 Å². The lowest BCUT2D eigenvalue weighted by atomic mass is 9.80. The second-order valence-corrected chi connectivity index (χ2v) is 6.00. The first kappa shape index (κ1) is 11.9. The number of aryl methyl sites for hydroxylation is 1. The molecule has 2 rings (SSSR count). The number of anilines is 1. The Kier molecular flexibility index (Phi) is 3.85. The third-order valence-corrected chi connectivity index (χ3v) is 4.48. The molecule has 1 aliphatic carbocycles. The fourth-order valence-corrected chi connectivity index (χ4v) is 3.43. The lowest BCUT2D eigenvalue weighted by Crippen LogP contribution is -2.32. The van der Waals surface area contributed by atoms with E-state index in [0.29, 0.717) is 6.04 Å². The molecule has 16 heavy (non-hydrogen) atoms. The molecule has 3 heteroatoms. The highest BCUT2D eigenvalue weighted by Gasteiger charge is 2.25. The molecule has 3 atom stereocenters. The molecule has 0 radical (unpaired) electrons. The zero-order valence-electron chi connectivity index (χ0n) is 10.5. The molecule has 1 aliphatic rings. The van der Waals surface area contributed by atoms with Gasteiger partial charge < -0.3 is 5.32 Å². The molecule has 0 amide bonds. The van der Waals surface area contributed by atoms with E-state index < -0.39 is 0 Å². The molecule has 1 saturated carbocycles. The van der Waals surface area contributed by atoms with Crippen LogP contribution in [0, 0.1) is 11.8 Å². The van der Waals surface area contributed by atoms with Crippen molar-refractivity contribution in [1.29, 1.82) is 0 Å². The first-order valence-corrected chi connectivity index (χ1v) is 7.28. The summed E-state index contributed by atoms with van der Waals surface area (Å²) in [5, 5.41) is 6.89. The molecular weight excluding hydrogens is 216 g/mol. The van der Waals surface area contributed by atoms with Crippen LogP contribution < -0.4 is 5.32 Å². The number of nitrogens with one attached hydrogen (secondary N) is 1. The van der Waals surface area contributed by atoms with Gasteiger partial charge in [-0.15, -0.1) is 11.3 Å². The molecule has 1 aromatic heterocycles. The smallest absolute Gasteiger partial charge is 0.183 e. The van der Waals surface area contributed by atoms with Crippen molar-refractivity contribution < 1.29 is 0 Å². The average Bonchev–Trinajstić information content (AvgIpc) is 2.70. The number of thiazole rings is 1. The van der Waals surface area contributed by atoms with Crippen molar-refractivity contribution in [2.45, 2.75) is 52.5 Å². The predicted octanol–water partition coefficient (Wildman–Crippen LogP) is 3.94. The maximum Gasteiger partial charge on any atom is 0.183 e. The Morgan fingerprint density at radius 2 is 2.25 bits per heavy atom. The molecule has 0 spiro atoms. The molecule has 1 heterocycles. The standard InChI is InChI=1S/C13H22N2S/c1-4-11-8-16-13(14-11)15-12-6-5-9(2)7-10(12)3/h8-10,12H,4-7H2,1-3H3,(H,14,15). The van der Waals surface area contributed by atoms with Gasteiger partial charge in [-0.3, -0.25) is 0 Å². The van der Waals surface area contributed by atoms with Crippen molar-refractivity contribution in [2.24, 2.45) is 11.8 Å². The molecule has 2 nitrogen and oxygen atoms in total. The van der Waals surface area contributed by atoms with Crippen LogP contribution in [-0.4, -0.2) is 11.0 Å². The van der Waals surface area contributed by atoms with Crippen LogP contribution in [0.1, 0.15) is 45.7 Å². The topological polar surface area (TPSA) is 24.9 Å². The van der Waals surface area contributed by atoms with Gasteiger partial charge in [-0.1, -0.05) is 20.8 Å². The van der Waals surface area contributed by atoms with Crippen LogP contribution in [0.15, 0.2) is 5.38 Å². The number of rotatable bonds is 3. The Hall–Kier alpha value is -0.570. The first-order valence-electron chi connectivity index (χ1n) is 6.40. The molecule has 1 N–H and O–H groups in total. The summed E-state index contributed by atoms with van der Waals surface area (Å²) in [6.07, 6.45) is 5.04. The van der Waals surface area contributed by atoms with Gasteiger partial charge >= 0.3 is 0 Å². The van der Waals surface area contributed by atoms with Gasteiger partial charge in [0, 0.05) is 11.4 Å². The van der Waals surface area contributed by atoms with E-state index in [1.165, 1.54) is 25.0 Å². The Labute approximate surface area is 102 Å². The van der Waals surface area contributed by atoms with Crippen molar-refractivity contribution in [3.05, 3.63) is 11.1 Å². The highest BCUT2D eigenvalue weighted by molar-refractivity contribution is 7.13. The average molecular weight is 238 g/mol. The van der Waals surface area contributed by atoms with Crippen LogP contribution >= 0.6 is 11.3 Å². The van der Waals surface area contributed by atoms with E-state index in [1.54, 1.807) is 11.3 Å². The lowest BCUT2D eigenvalue weighted by molar-refractivity contribution is 0.276. The Morgan fingerprint density at radius 3 is 2.88 bits per heavy atom. The Bertz CT molecular complexity index is 334. The van der Waals surface area contributed by atoms with Crippen molar-refractivity contribution in [3.8, 4) is 0 Å². The van der Waals surface area contributed by atoms with Crippen LogP contribution in [-0.2, 0) is 6.42 Å². The molecule has 0 bridgehead atoms. The number of hydrogen-bond acceptors (Lipinski definition) is 3. The van der Waals surface area contributed by atoms with E-state index in [-0.39, 0.29) is 0 Å². The van der Waals surface area contributed by atoms with Crippen LogP contribution in [0.25, 0.3) is 0 Å². The summed E-state index contributed by atoms with van der Waals surface area (Å²) in [4.78, 5) is 4.58. The van der Waals surface area contributed by atoms with Gasteiger partial charge in [0.15, 0.2) is 5.13 Å². The van der Waals surface area contributed by atoms with Gasteiger partial charge in [0.2, 0.25) is 0 Å². The maximum atomic E-state index is 4.58. The number of nitrogens with zero attached hydrogens (tertiary/aromatic N) is 1. The number of hydrogen-bond donors (Lipinski definition) is 1. The monoisotopic (exact) mass is 238 g/mol. The third kappa shape index (κ3) is 2.76. The summed E-state index contributed by atoms with van der Waals surface area (Å²) >= 11 is 1.75. The summed E-state index contributed by atoms with van der Waals surface area (Å²) in [7, 11) is 0. The lowest BCUT2D eigenvalue weighted by Gasteiger charge is -2.33. The summed E-state index contributed by atoms with van der Waals surface area (Å²) < 4.78 is 0. The van der Waals surface area contributed by atoms with Gasteiger partial charge in [-0.25, -0.2) is 4.98 Å². The molecule has 0 saturated heterocycles. The van der Waals surface area contributed by atoms with Crippen LogP contribution in [0.4, 0.5) is 5.13 Å². The minimum Gasteiger partial charge on any atom is -0.359 e. The van der Waals surface area contributed by atoms with Gasteiger partial charge in [-0.05, 0) is 37.5 Å². The highest BCUT2D eigenvalue weighted by Crippen LogP contribution is 2.31. The van der Waals surface area contributed by atoms with Crippen molar-refractivity contribution in [3.63, 3.8) is 0 Å². The van der Waals surface area contributed by atoms with E-state index in [1.807, 2.05) is 0 Å². The summed E-state index contributed by atoms with van der Waals surface area (Å²) in [6.45, 7) is 6.89. The Balaban J connectivity index is 1.93. The minimum absolute atomic E-state index is 0.632. The van der Waals surface area contributed by atoms with Crippen LogP contribution in [0.2, 0.25) is 0 Å². The quantitative estimate of drug-likeness (QED) is 0.862. The van der Waals surface area contributed by atoms with E-state index in [9.17, 15) is 0 Å².